The first-order valence-corrected chi connectivity index (χ1v) is 7.93. The van der Waals surface area contributed by atoms with Gasteiger partial charge in [0, 0.05) is 12.7 Å². The summed E-state index contributed by atoms with van der Waals surface area (Å²) in [6, 6.07) is 8.11. The van der Waals surface area contributed by atoms with Gasteiger partial charge < -0.3 is 15.4 Å². The van der Waals surface area contributed by atoms with Crippen molar-refractivity contribution in [1.82, 2.24) is 10.6 Å². The monoisotopic (exact) mass is 321 g/mol. The van der Waals surface area contributed by atoms with Crippen molar-refractivity contribution in [2.45, 2.75) is 26.4 Å². The highest BCUT2D eigenvalue weighted by molar-refractivity contribution is 7.80. The van der Waals surface area contributed by atoms with Gasteiger partial charge in [0.15, 0.2) is 5.11 Å². The summed E-state index contributed by atoms with van der Waals surface area (Å²) in [4.78, 5) is 13.7. The molecule has 1 aliphatic heterocycles. The molecule has 1 atom stereocenters. The van der Waals surface area contributed by atoms with Gasteiger partial charge in [0.2, 0.25) is 0 Å². The van der Waals surface area contributed by atoms with E-state index >= 15 is 0 Å². The molecule has 0 unspecified atom stereocenters. The minimum absolute atomic E-state index is 0.200. The molecule has 0 saturated carbocycles. The molecule has 1 fully saturated rings. The quantitative estimate of drug-likeness (QED) is 0.815. The Morgan fingerprint density at radius 2 is 2.09 bits per heavy atom. The predicted molar refractivity (Wildman–Crippen MR) is 92.3 cm³/mol. The maximum absolute atomic E-state index is 12.0. The number of anilines is 1. The number of thiocarbonyl (C=S) groups is 1. The highest BCUT2D eigenvalue weighted by Crippen LogP contribution is 2.22. The standard InChI is InChI=1S/C16H23N3O2S/c1-11(2)8-12-4-6-13(7-5-12)19-10-14(21-16(19)20)9-18-15(22)17-3/h4-7,11,14H,8-10H2,1-3H3,(H2,17,18,22)/t14-/m0/s1. The maximum Gasteiger partial charge on any atom is 0.414 e. The van der Waals surface area contributed by atoms with Gasteiger partial charge in [-0.05, 0) is 42.3 Å². The summed E-state index contributed by atoms with van der Waals surface area (Å²) in [6.07, 6.45) is 0.534. The molecule has 2 N–H and O–H groups in total. The first-order valence-electron chi connectivity index (χ1n) is 7.52. The van der Waals surface area contributed by atoms with Crippen molar-refractivity contribution in [2.75, 3.05) is 25.0 Å². The van der Waals surface area contributed by atoms with Crippen LogP contribution in [0.15, 0.2) is 24.3 Å². The van der Waals surface area contributed by atoms with Crippen molar-refractivity contribution >= 4 is 29.1 Å². The molecule has 0 spiro atoms. The Kier molecular flexibility index (Phi) is 5.60. The SMILES string of the molecule is CNC(=S)NC[C@H]1CN(c2ccc(CC(C)C)cc2)C(=O)O1. The average Bonchev–Trinajstić information content (AvgIpc) is 2.86. The van der Waals surface area contributed by atoms with Crippen molar-refractivity contribution in [3.05, 3.63) is 29.8 Å². The first-order chi connectivity index (χ1) is 10.5. The fourth-order valence-electron chi connectivity index (χ4n) is 2.42. The van der Waals surface area contributed by atoms with Crippen LogP contribution in [0.25, 0.3) is 0 Å². The third-order valence-corrected chi connectivity index (χ3v) is 3.83. The van der Waals surface area contributed by atoms with E-state index in [0.717, 1.165) is 12.1 Å². The number of nitrogens with one attached hydrogen (secondary N) is 2. The Morgan fingerprint density at radius 3 is 2.68 bits per heavy atom. The zero-order valence-electron chi connectivity index (χ0n) is 13.3. The molecule has 0 aromatic heterocycles. The van der Waals surface area contributed by atoms with Gasteiger partial charge in [-0.2, -0.15) is 0 Å². The lowest BCUT2D eigenvalue weighted by Gasteiger charge is -2.14. The van der Waals surface area contributed by atoms with Crippen LogP contribution in [0.1, 0.15) is 19.4 Å². The molecule has 1 aromatic carbocycles. The van der Waals surface area contributed by atoms with Crippen molar-refractivity contribution < 1.29 is 9.53 Å². The normalized spacial score (nSPS) is 17.5. The van der Waals surface area contributed by atoms with E-state index in [-0.39, 0.29) is 12.2 Å². The number of hydrogen-bond donors (Lipinski definition) is 2. The summed E-state index contributed by atoms with van der Waals surface area (Å²) < 4.78 is 5.36. The molecule has 1 saturated heterocycles. The molecule has 22 heavy (non-hydrogen) atoms. The third-order valence-electron chi connectivity index (χ3n) is 3.48. The molecule has 2 rings (SSSR count). The van der Waals surface area contributed by atoms with Crippen molar-refractivity contribution in [2.24, 2.45) is 5.92 Å². The fraction of sp³-hybridized carbons (Fsp3) is 0.500. The Balaban J connectivity index is 1.94. The third kappa shape index (κ3) is 4.34. The molecule has 0 bridgehead atoms. The summed E-state index contributed by atoms with van der Waals surface area (Å²) >= 11 is 5.01. The summed E-state index contributed by atoms with van der Waals surface area (Å²) in [6.45, 7) is 5.42. The van der Waals surface area contributed by atoms with E-state index in [9.17, 15) is 4.79 Å². The number of amides is 1. The molecule has 6 heteroatoms. The van der Waals surface area contributed by atoms with Gasteiger partial charge in [-0.25, -0.2) is 4.79 Å². The summed E-state index contributed by atoms with van der Waals surface area (Å²) in [5, 5.41) is 6.39. The smallest absolute Gasteiger partial charge is 0.414 e. The van der Waals surface area contributed by atoms with Crippen LogP contribution in [0.3, 0.4) is 0 Å². The van der Waals surface area contributed by atoms with Crippen molar-refractivity contribution in [1.29, 1.82) is 0 Å². The largest absolute Gasteiger partial charge is 0.442 e. The second-order valence-electron chi connectivity index (χ2n) is 5.84. The Bertz CT molecular complexity index is 531. The van der Waals surface area contributed by atoms with Gasteiger partial charge in [-0.3, -0.25) is 4.90 Å². The van der Waals surface area contributed by atoms with Crippen LogP contribution in [0.4, 0.5) is 10.5 Å². The van der Waals surface area contributed by atoms with Crippen LogP contribution in [-0.2, 0) is 11.2 Å². The van der Waals surface area contributed by atoms with E-state index in [1.165, 1.54) is 5.56 Å². The van der Waals surface area contributed by atoms with Gasteiger partial charge in [0.25, 0.3) is 0 Å². The molecule has 0 radical (unpaired) electrons. The number of nitrogens with zero attached hydrogens (tertiary/aromatic N) is 1. The lowest BCUT2D eigenvalue weighted by atomic mass is 10.0. The van der Waals surface area contributed by atoms with Crippen LogP contribution < -0.4 is 15.5 Å². The molecule has 1 aliphatic rings. The zero-order valence-corrected chi connectivity index (χ0v) is 14.1. The van der Waals surface area contributed by atoms with E-state index < -0.39 is 0 Å². The molecule has 0 aliphatic carbocycles. The van der Waals surface area contributed by atoms with Crippen molar-refractivity contribution in [3.8, 4) is 0 Å². The van der Waals surface area contributed by atoms with Crippen molar-refractivity contribution in [3.63, 3.8) is 0 Å². The summed E-state index contributed by atoms with van der Waals surface area (Å²) in [5.41, 5.74) is 2.15. The predicted octanol–water partition coefficient (Wildman–Crippen LogP) is 2.30. The number of ether oxygens (including phenoxy) is 1. The fourth-order valence-corrected chi connectivity index (χ4v) is 2.50. The number of carbonyl (C=O) groups excluding carboxylic acids is 1. The second kappa shape index (κ2) is 7.45. The highest BCUT2D eigenvalue weighted by Gasteiger charge is 2.32. The van der Waals surface area contributed by atoms with Gasteiger partial charge in [0.05, 0.1) is 13.1 Å². The van der Waals surface area contributed by atoms with Crippen LogP contribution in [-0.4, -0.2) is 37.4 Å². The average molecular weight is 321 g/mol. The van der Waals surface area contributed by atoms with E-state index in [4.69, 9.17) is 17.0 Å². The zero-order chi connectivity index (χ0) is 16.1. The molecule has 5 nitrogen and oxygen atoms in total. The molecule has 1 heterocycles. The second-order valence-corrected chi connectivity index (χ2v) is 6.25. The van der Waals surface area contributed by atoms with Gasteiger partial charge in [-0.1, -0.05) is 26.0 Å². The Labute approximate surface area is 137 Å². The topological polar surface area (TPSA) is 53.6 Å². The molecule has 1 aromatic rings. The molecule has 1 amide bonds. The summed E-state index contributed by atoms with van der Waals surface area (Å²) in [5.74, 6) is 0.620. The minimum atomic E-state index is -0.307. The summed E-state index contributed by atoms with van der Waals surface area (Å²) in [7, 11) is 1.75. The molecule has 120 valence electrons. The van der Waals surface area contributed by atoms with Crippen LogP contribution in [0.5, 0.6) is 0 Å². The number of benzene rings is 1. The highest BCUT2D eigenvalue weighted by atomic mass is 32.1. The van der Waals surface area contributed by atoms with Gasteiger partial charge in [-0.15, -0.1) is 0 Å². The number of rotatable bonds is 5. The Morgan fingerprint density at radius 1 is 1.41 bits per heavy atom. The first kappa shape index (κ1) is 16.5. The minimum Gasteiger partial charge on any atom is -0.442 e. The van der Waals surface area contributed by atoms with Gasteiger partial charge >= 0.3 is 6.09 Å². The van der Waals surface area contributed by atoms with Crippen LogP contribution in [0.2, 0.25) is 0 Å². The van der Waals surface area contributed by atoms with E-state index in [1.807, 2.05) is 12.1 Å². The van der Waals surface area contributed by atoms with E-state index in [1.54, 1.807) is 11.9 Å². The number of carbonyl (C=O) groups is 1. The number of cyclic esters (lactones) is 1. The number of hydrogen-bond acceptors (Lipinski definition) is 3. The van der Waals surface area contributed by atoms with E-state index in [2.05, 4.69) is 36.6 Å². The lowest BCUT2D eigenvalue weighted by Crippen LogP contribution is -2.39. The maximum atomic E-state index is 12.0. The van der Waals surface area contributed by atoms with Crippen LogP contribution >= 0.6 is 12.2 Å². The van der Waals surface area contributed by atoms with Crippen LogP contribution in [0, 0.1) is 5.92 Å². The lowest BCUT2D eigenvalue weighted by molar-refractivity contribution is 0.143. The Hall–Kier alpha value is -1.82. The van der Waals surface area contributed by atoms with Gasteiger partial charge in [0.1, 0.15) is 6.10 Å². The van der Waals surface area contributed by atoms with E-state index in [0.29, 0.717) is 24.1 Å². The molecular weight excluding hydrogens is 298 g/mol. The molecular formula is C16H23N3O2S.